The number of carbonyl (C=O) groups excluding carboxylic acids is 1. The van der Waals surface area contributed by atoms with Crippen LogP contribution in [-0.2, 0) is 11.2 Å². The zero-order valence-electron chi connectivity index (χ0n) is 18.4. The molecule has 4 aromatic rings. The number of amides is 1. The van der Waals surface area contributed by atoms with Crippen molar-refractivity contribution in [1.82, 2.24) is 0 Å². The standard InChI is InChI=1S/C25H23NO6/c1-12-15(4)31-23-14(3)24-18(10-17(12)23)13(2)19(25(28)32-24)11-22(27)26-16-5-6-20-21(9-16)30-8-7-29-20/h5-6,9-10H,7-8,11H2,1-4H3,(H,26,27). The largest absolute Gasteiger partial charge is 0.486 e. The first-order chi connectivity index (χ1) is 15.3. The van der Waals surface area contributed by atoms with Crippen molar-refractivity contribution in [3.63, 3.8) is 0 Å². The number of anilines is 1. The van der Waals surface area contributed by atoms with Gasteiger partial charge in [-0.15, -0.1) is 0 Å². The molecule has 2 aromatic carbocycles. The predicted octanol–water partition coefficient (Wildman–Crippen LogP) is 4.73. The van der Waals surface area contributed by atoms with E-state index in [2.05, 4.69) is 5.32 Å². The van der Waals surface area contributed by atoms with Crippen LogP contribution in [-0.4, -0.2) is 19.1 Å². The van der Waals surface area contributed by atoms with E-state index in [1.54, 1.807) is 18.2 Å². The van der Waals surface area contributed by atoms with Crippen LogP contribution >= 0.6 is 0 Å². The molecule has 0 unspecified atom stereocenters. The molecule has 0 atom stereocenters. The van der Waals surface area contributed by atoms with E-state index in [1.165, 1.54) is 0 Å². The molecule has 1 aliphatic heterocycles. The Morgan fingerprint density at radius 1 is 0.875 bits per heavy atom. The molecule has 0 bridgehead atoms. The van der Waals surface area contributed by atoms with Gasteiger partial charge in [-0.1, -0.05) is 0 Å². The molecule has 0 spiro atoms. The minimum atomic E-state index is -0.519. The monoisotopic (exact) mass is 433 g/mol. The van der Waals surface area contributed by atoms with E-state index in [0.29, 0.717) is 41.5 Å². The van der Waals surface area contributed by atoms with Crippen molar-refractivity contribution in [1.29, 1.82) is 0 Å². The number of hydrogen-bond donors (Lipinski definition) is 1. The lowest BCUT2D eigenvalue weighted by Crippen LogP contribution is -2.21. The molecule has 5 rings (SSSR count). The van der Waals surface area contributed by atoms with Gasteiger partial charge in [-0.25, -0.2) is 4.79 Å². The predicted molar refractivity (Wildman–Crippen MR) is 121 cm³/mol. The van der Waals surface area contributed by atoms with Gasteiger partial charge in [0.1, 0.15) is 30.1 Å². The molecule has 0 radical (unpaired) electrons. The quantitative estimate of drug-likeness (QED) is 0.470. The molecule has 1 aliphatic rings. The Balaban J connectivity index is 1.50. The van der Waals surface area contributed by atoms with E-state index >= 15 is 0 Å². The number of aryl methyl sites for hydroxylation is 4. The number of fused-ring (bicyclic) bond motifs is 3. The van der Waals surface area contributed by atoms with E-state index in [9.17, 15) is 9.59 Å². The second-order valence-electron chi connectivity index (χ2n) is 8.11. The van der Waals surface area contributed by atoms with Gasteiger partial charge in [0.25, 0.3) is 0 Å². The highest BCUT2D eigenvalue weighted by molar-refractivity contribution is 6.01. The summed E-state index contributed by atoms with van der Waals surface area (Å²) in [5.74, 6) is 1.74. The first-order valence-corrected chi connectivity index (χ1v) is 10.5. The van der Waals surface area contributed by atoms with E-state index in [-0.39, 0.29) is 12.3 Å². The molecule has 0 fully saturated rings. The molecule has 164 valence electrons. The summed E-state index contributed by atoms with van der Waals surface area (Å²) in [5.41, 5.74) is 4.17. The van der Waals surface area contributed by atoms with Crippen LogP contribution in [0, 0.1) is 27.7 Å². The second kappa shape index (κ2) is 7.44. The number of benzene rings is 2. The lowest BCUT2D eigenvalue weighted by atomic mass is 9.98. The van der Waals surface area contributed by atoms with Gasteiger partial charge < -0.3 is 23.6 Å². The maximum Gasteiger partial charge on any atom is 0.340 e. The molecule has 3 heterocycles. The van der Waals surface area contributed by atoms with E-state index in [4.69, 9.17) is 18.3 Å². The van der Waals surface area contributed by atoms with Crippen LogP contribution in [0.25, 0.3) is 21.9 Å². The summed E-state index contributed by atoms with van der Waals surface area (Å²) < 4.78 is 22.6. The van der Waals surface area contributed by atoms with Crippen LogP contribution in [0.15, 0.2) is 37.9 Å². The Labute approximate surface area is 183 Å². The fourth-order valence-corrected chi connectivity index (χ4v) is 4.18. The SMILES string of the molecule is Cc1oc2c(C)c3oc(=O)c(CC(=O)Nc4ccc5c(c4)OCCO5)c(C)c3cc2c1C. The summed E-state index contributed by atoms with van der Waals surface area (Å²) in [6.07, 6.45) is -0.0982. The van der Waals surface area contributed by atoms with E-state index in [1.807, 2.05) is 33.8 Å². The fraction of sp³-hybridized carbons (Fsp3) is 0.280. The Hall–Kier alpha value is -3.74. The van der Waals surface area contributed by atoms with Crippen molar-refractivity contribution < 1.29 is 23.1 Å². The number of ether oxygens (including phenoxy) is 2. The van der Waals surface area contributed by atoms with Crippen molar-refractivity contribution in [2.75, 3.05) is 18.5 Å². The third-order valence-corrected chi connectivity index (χ3v) is 6.11. The molecule has 32 heavy (non-hydrogen) atoms. The summed E-state index contributed by atoms with van der Waals surface area (Å²) in [5, 5.41) is 4.62. The van der Waals surface area contributed by atoms with Crippen molar-refractivity contribution in [2.45, 2.75) is 34.1 Å². The van der Waals surface area contributed by atoms with Crippen LogP contribution in [0.3, 0.4) is 0 Å². The van der Waals surface area contributed by atoms with Gasteiger partial charge in [0.05, 0.1) is 12.0 Å². The summed E-state index contributed by atoms with van der Waals surface area (Å²) in [7, 11) is 0. The molecule has 7 nitrogen and oxygen atoms in total. The van der Waals surface area contributed by atoms with Crippen LogP contribution in [0.5, 0.6) is 11.5 Å². The molecule has 7 heteroatoms. The van der Waals surface area contributed by atoms with Crippen molar-refractivity contribution >= 4 is 33.5 Å². The average molecular weight is 433 g/mol. The van der Waals surface area contributed by atoms with Gasteiger partial charge >= 0.3 is 5.63 Å². The minimum Gasteiger partial charge on any atom is -0.486 e. The summed E-state index contributed by atoms with van der Waals surface area (Å²) in [6.45, 7) is 8.60. The molecule has 0 aliphatic carbocycles. The smallest absolute Gasteiger partial charge is 0.340 e. The lowest BCUT2D eigenvalue weighted by Gasteiger charge is -2.19. The molecule has 0 saturated heterocycles. The number of furan rings is 1. The van der Waals surface area contributed by atoms with E-state index < -0.39 is 5.63 Å². The second-order valence-corrected chi connectivity index (χ2v) is 8.11. The van der Waals surface area contributed by atoms with Crippen LogP contribution in [0.1, 0.15) is 28.0 Å². The summed E-state index contributed by atoms with van der Waals surface area (Å²) in [6, 6.07) is 7.19. The van der Waals surface area contributed by atoms with Gasteiger partial charge in [-0.2, -0.15) is 0 Å². The molecular formula is C25H23NO6. The highest BCUT2D eigenvalue weighted by atomic mass is 16.6. The molecule has 2 aromatic heterocycles. The fourth-order valence-electron chi connectivity index (χ4n) is 4.18. The van der Waals surface area contributed by atoms with Gasteiger partial charge in [0.15, 0.2) is 11.5 Å². The maximum atomic E-state index is 12.8. The number of hydrogen-bond acceptors (Lipinski definition) is 6. The third kappa shape index (κ3) is 3.21. The number of nitrogens with one attached hydrogen (secondary N) is 1. The van der Waals surface area contributed by atoms with Crippen LogP contribution < -0.4 is 20.4 Å². The average Bonchev–Trinajstić information content (AvgIpc) is 3.06. The van der Waals surface area contributed by atoms with Crippen LogP contribution in [0.4, 0.5) is 5.69 Å². The van der Waals surface area contributed by atoms with Crippen LogP contribution in [0.2, 0.25) is 0 Å². The molecule has 1 amide bonds. The first kappa shape index (κ1) is 20.2. The highest BCUT2D eigenvalue weighted by Gasteiger charge is 2.20. The normalized spacial score (nSPS) is 13.0. The van der Waals surface area contributed by atoms with Gasteiger partial charge in [-0.3, -0.25) is 4.79 Å². The highest BCUT2D eigenvalue weighted by Crippen LogP contribution is 2.35. The van der Waals surface area contributed by atoms with Gasteiger partial charge in [-0.05, 0) is 57.0 Å². The van der Waals surface area contributed by atoms with Crippen molar-refractivity contribution in [3.05, 3.63) is 62.7 Å². The van der Waals surface area contributed by atoms with Crippen molar-refractivity contribution in [3.8, 4) is 11.5 Å². The number of carbonyl (C=O) groups is 1. The third-order valence-electron chi connectivity index (χ3n) is 6.11. The van der Waals surface area contributed by atoms with E-state index in [0.717, 1.165) is 38.8 Å². The molecule has 0 saturated carbocycles. The minimum absolute atomic E-state index is 0.0982. The Morgan fingerprint density at radius 3 is 2.34 bits per heavy atom. The zero-order valence-corrected chi connectivity index (χ0v) is 18.4. The van der Waals surface area contributed by atoms with Gasteiger partial charge in [0.2, 0.25) is 5.91 Å². The zero-order chi connectivity index (χ0) is 22.6. The molecular weight excluding hydrogens is 410 g/mol. The first-order valence-electron chi connectivity index (χ1n) is 10.5. The Morgan fingerprint density at radius 2 is 1.56 bits per heavy atom. The Kier molecular flexibility index (Phi) is 4.69. The number of rotatable bonds is 3. The lowest BCUT2D eigenvalue weighted by molar-refractivity contribution is -0.115. The maximum absolute atomic E-state index is 12.8. The summed E-state index contributed by atoms with van der Waals surface area (Å²) >= 11 is 0. The van der Waals surface area contributed by atoms with Crippen molar-refractivity contribution in [2.24, 2.45) is 0 Å². The van der Waals surface area contributed by atoms with Gasteiger partial charge in [0, 0.05) is 28.1 Å². The topological polar surface area (TPSA) is 90.9 Å². The molecule has 1 N–H and O–H groups in total. The Bertz CT molecular complexity index is 1460. The summed E-state index contributed by atoms with van der Waals surface area (Å²) in [4.78, 5) is 25.5.